The number of morpholine rings is 1. The second-order valence-electron chi connectivity index (χ2n) is 6.79. The fourth-order valence-corrected chi connectivity index (χ4v) is 3.76. The Morgan fingerprint density at radius 1 is 1.25 bits per heavy atom. The summed E-state index contributed by atoms with van der Waals surface area (Å²) in [6.07, 6.45) is 4.42. The van der Waals surface area contributed by atoms with Gasteiger partial charge in [0, 0.05) is 25.7 Å². The van der Waals surface area contributed by atoms with Crippen molar-refractivity contribution in [2.24, 2.45) is 0 Å². The van der Waals surface area contributed by atoms with E-state index in [1.54, 1.807) is 12.1 Å². The first-order chi connectivity index (χ1) is 11.7. The lowest BCUT2D eigenvalue weighted by Crippen LogP contribution is -2.50. The summed E-state index contributed by atoms with van der Waals surface area (Å²) in [5.74, 6) is -0.00129. The summed E-state index contributed by atoms with van der Waals surface area (Å²) in [5.41, 5.74) is 0.970. The van der Waals surface area contributed by atoms with E-state index in [1.165, 1.54) is 18.6 Å². The van der Waals surface area contributed by atoms with E-state index in [2.05, 4.69) is 16.7 Å². The molecule has 0 aromatic heterocycles. The Morgan fingerprint density at radius 3 is 2.79 bits per heavy atom. The molecule has 24 heavy (non-hydrogen) atoms. The van der Waals surface area contributed by atoms with Crippen molar-refractivity contribution in [1.29, 1.82) is 0 Å². The van der Waals surface area contributed by atoms with Gasteiger partial charge in [0.1, 0.15) is 5.82 Å². The van der Waals surface area contributed by atoms with Gasteiger partial charge in [0.25, 0.3) is 0 Å². The number of benzene rings is 1. The molecule has 1 aromatic rings. The molecule has 0 aliphatic carbocycles. The Balaban J connectivity index is 1.58. The molecule has 2 fully saturated rings. The van der Waals surface area contributed by atoms with E-state index >= 15 is 0 Å². The van der Waals surface area contributed by atoms with Gasteiger partial charge in [-0.2, -0.15) is 0 Å². The van der Waals surface area contributed by atoms with E-state index in [-0.39, 0.29) is 17.8 Å². The van der Waals surface area contributed by atoms with Crippen LogP contribution >= 0.6 is 0 Å². The second kappa shape index (κ2) is 8.08. The zero-order chi connectivity index (χ0) is 16.9. The Kier molecular flexibility index (Phi) is 5.85. The third-order valence-corrected chi connectivity index (χ3v) is 5.17. The standard InChI is InChI=1S/C19H27FN2O2/c1-2-17-5-3-4-10-22(17)19(23)14-21-11-12-24-18(13-21)15-6-8-16(20)9-7-15/h6-9,17-18H,2-5,10-14H2,1H3/t17-,18+/m0/s1. The quantitative estimate of drug-likeness (QED) is 0.849. The highest BCUT2D eigenvalue weighted by atomic mass is 19.1. The van der Waals surface area contributed by atoms with Gasteiger partial charge in [-0.15, -0.1) is 0 Å². The number of hydrogen-bond acceptors (Lipinski definition) is 3. The highest BCUT2D eigenvalue weighted by Gasteiger charge is 2.29. The summed E-state index contributed by atoms with van der Waals surface area (Å²) in [4.78, 5) is 17.0. The molecular formula is C19H27FN2O2. The van der Waals surface area contributed by atoms with Crippen LogP contribution in [0.25, 0.3) is 0 Å². The van der Waals surface area contributed by atoms with Crippen LogP contribution in [0.2, 0.25) is 0 Å². The van der Waals surface area contributed by atoms with E-state index in [1.807, 2.05) is 0 Å². The summed E-state index contributed by atoms with van der Waals surface area (Å²) in [6, 6.07) is 6.86. The van der Waals surface area contributed by atoms with Crippen LogP contribution < -0.4 is 0 Å². The number of rotatable bonds is 4. The number of ether oxygens (including phenoxy) is 1. The molecule has 0 radical (unpaired) electrons. The first-order valence-corrected chi connectivity index (χ1v) is 9.06. The van der Waals surface area contributed by atoms with Crippen molar-refractivity contribution in [2.75, 3.05) is 32.8 Å². The van der Waals surface area contributed by atoms with Crippen molar-refractivity contribution in [3.63, 3.8) is 0 Å². The fraction of sp³-hybridized carbons (Fsp3) is 0.632. The predicted molar refractivity (Wildman–Crippen MR) is 91.2 cm³/mol. The van der Waals surface area contributed by atoms with Crippen molar-refractivity contribution < 1.29 is 13.9 Å². The Bertz CT molecular complexity index is 549. The fourth-order valence-electron chi connectivity index (χ4n) is 3.76. The normalized spacial score (nSPS) is 25.7. The molecule has 2 atom stereocenters. The van der Waals surface area contributed by atoms with E-state index in [0.717, 1.165) is 37.9 Å². The van der Waals surface area contributed by atoms with Gasteiger partial charge in [-0.05, 0) is 43.4 Å². The highest BCUT2D eigenvalue weighted by Crippen LogP contribution is 2.24. The van der Waals surface area contributed by atoms with Gasteiger partial charge in [0.05, 0.1) is 19.3 Å². The molecule has 5 heteroatoms. The van der Waals surface area contributed by atoms with Gasteiger partial charge in [-0.25, -0.2) is 4.39 Å². The van der Waals surface area contributed by atoms with Crippen LogP contribution in [0.4, 0.5) is 4.39 Å². The average Bonchev–Trinajstić information content (AvgIpc) is 2.62. The van der Waals surface area contributed by atoms with Crippen LogP contribution in [0.3, 0.4) is 0 Å². The molecule has 3 rings (SSSR count). The van der Waals surface area contributed by atoms with Gasteiger partial charge in [0.15, 0.2) is 0 Å². The molecule has 0 N–H and O–H groups in total. The third-order valence-electron chi connectivity index (χ3n) is 5.17. The molecule has 2 aliphatic rings. The van der Waals surface area contributed by atoms with Crippen molar-refractivity contribution >= 4 is 5.91 Å². The van der Waals surface area contributed by atoms with Gasteiger partial charge in [0.2, 0.25) is 5.91 Å². The van der Waals surface area contributed by atoms with Crippen LogP contribution in [-0.4, -0.2) is 54.5 Å². The average molecular weight is 334 g/mol. The Hall–Kier alpha value is -1.46. The summed E-state index contributed by atoms with van der Waals surface area (Å²) in [5, 5.41) is 0. The number of nitrogens with zero attached hydrogens (tertiary/aromatic N) is 2. The van der Waals surface area contributed by atoms with Crippen LogP contribution in [0.5, 0.6) is 0 Å². The van der Waals surface area contributed by atoms with Crippen molar-refractivity contribution in [1.82, 2.24) is 9.80 Å². The van der Waals surface area contributed by atoms with E-state index in [0.29, 0.717) is 25.7 Å². The molecule has 4 nitrogen and oxygen atoms in total. The smallest absolute Gasteiger partial charge is 0.236 e. The lowest BCUT2D eigenvalue weighted by atomic mass is 10.00. The number of amides is 1. The monoisotopic (exact) mass is 334 g/mol. The maximum absolute atomic E-state index is 13.1. The number of carbonyl (C=O) groups excluding carboxylic acids is 1. The molecule has 1 amide bonds. The molecule has 1 aromatic carbocycles. The number of halogens is 1. The maximum Gasteiger partial charge on any atom is 0.236 e. The van der Waals surface area contributed by atoms with Gasteiger partial charge < -0.3 is 9.64 Å². The Labute approximate surface area is 143 Å². The van der Waals surface area contributed by atoms with Gasteiger partial charge in [-0.1, -0.05) is 19.1 Å². The minimum atomic E-state index is -0.239. The zero-order valence-electron chi connectivity index (χ0n) is 14.4. The molecule has 0 unspecified atom stereocenters. The SMILES string of the molecule is CC[C@H]1CCCCN1C(=O)CN1CCO[C@@H](c2ccc(F)cc2)C1. The van der Waals surface area contributed by atoms with Gasteiger partial charge in [-0.3, -0.25) is 9.69 Å². The maximum atomic E-state index is 13.1. The van der Waals surface area contributed by atoms with Crippen molar-refractivity contribution in [3.8, 4) is 0 Å². The summed E-state index contributed by atoms with van der Waals surface area (Å²) in [7, 11) is 0. The van der Waals surface area contributed by atoms with E-state index < -0.39 is 0 Å². The molecular weight excluding hydrogens is 307 g/mol. The molecule has 0 saturated carbocycles. The lowest BCUT2D eigenvalue weighted by molar-refractivity contribution is -0.138. The van der Waals surface area contributed by atoms with Crippen LogP contribution in [0.15, 0.2) is 24.3 Å². The van der Waals surface area contributed by atoms with Crippen LogP contribution in [0, 0.1) is 5.82 Å². The van der Waals surface area contributed by atoms with Crippen molar-refractivity contribution in [2.45, 2.75) is 44.8 Å². The molecule has 0 bridgehead atoms. The molecule has 0 spiro atoms. The van der Waals surface area contributed by atoms with E-state index in [9.17, 15) is 9.18 Å². The molecule has 2 heterocycles. The van der Waals surface area contributed by atoms with Crippen LogP contribution in [-0.2, 0) is 9.53 Å². The van der Waals surface area contributed by atoms with Crippen molar-refractivity contribution in [3.05, 3.63) is 35.6 Å². The number of piperidine rings is 1. The summed E-state index contributed by atoms with van der Waals surface area (Å²) in [6.45, 7) is 5.57. The first kappa shape index (κ1) is 17.4. The highest BCUT2D eigenvalue weighted by molar-refractivity contribution is 5.78. The first-order valence-electron chi connectivity index (χ1n) is 9.06. The summed E-state index contributed by atoms with van der Waals surface area (Å²) >= 11 is 0. The van der Waals surface area contributed by atoms with E-state index in [4.69, 9.17) is 4.74 Å². The molecule has 2 saturated heterocycles. The number of likely N-dealkylation sites (tertiary alicyclic amines) is 1. The largest absolute Gasteiger partial charge is 0.371 e. The summed E-state index contributed by atoms with van der Waals surface area (Å²) < 4.78 is 18.9. The minimum Gasteiger partial charge on any atom is -0.371 e. The van der Waals surface area contributed by atoms with Gasteiger partial charge >= 0.3 is 0 Å². The number of carbonyl (C=O) groups is 1. The minimum absolute atomic E-state index is 0.0875. The second-order valence-corrected chi connectivity index (χ2v) is 6.79. The van der Waals surface area contributed by atoms with Crippen LogP contribution in [0.1, 0.15) is 44.3 Å². The number of hydrogen-bond donors (Lipinski definition) is 0. The lowest BCUT2D eigenvalue weighted by Gasteiger charge is -2.38. The molecule has 2 aliphatic heterocycles. The topological polar surface area (TPSA) is 32.8 Å². The zero-order valence-corrected chi connectivity index (χ0v) is 14.4. The predicted octanol–water partition coefficient (Wildman–Crippen LogP) is 2.99. The Morgan fingerprint density at radius 2 is 2.04 bits per heavy atom. The third kappa shape index (κ3) is 4.14. The molecule has 132 valence electrons.